The van der Waals surface area contributed by atoms with E-state index in [1.807, 2.05) is 14.1 Å². The maximum absolute atomic E-state index is 11.7. The lowest BCUT2D eigenvalue weighted by Gasteiger charge is -2.20. The van der Waals surface area contributed by atoms with Gasteiger partial charge in [-0.15, -0.1) is 0 Å². The minimum atomic E-state index is -0.548. The van der Waals surface area contributed by atoms with Crippen LogP contribution in [0.3, 0.4) is 0 Å². The highest BCUT2D eigenvalue weighted by Gasteiger charge is 2.18. The zero-order valence-corrected chi connectivity index (χ0v) is 14.0. The van der Waals surface area contributed by atoms with Crippen LogP contribution in [0.1, 0.15) is 52.9 Å². The van der Waals surface area contributed by atoms with Gasteiger partial charge in [-0.2, -0.15) is 0 Å². The van der Waals surface area contributed by atoms with Gasteiger partial charge in [0, 0.05) is 6.42 Å². The summed E-state index contributed by atoms with van der Waals surface area (Å²) >= 11 is 0. The normalized spacial score (nSPS) is 11.6. The number of rotatable bonds is 9. The number of hydroxylamine groups is 2. The Hall–Kier alpha value is -1.14. The molecule has 0 aromatic heterocycles. The Balaban J connectivity index is 3.78. The van der Waals surface area contributed by atoms with Crippen molar-refractivity contribution in [3.63, 3.8) is 0 Å². The Bertz CT molecular complexity index is 324. The van der Waals surface area contributed by atoms with Gasteiger partial charge >= 0.3 is 5.97 Å². The van der Waals surface area contributed by atoms with Crippen molar-refractivity contribution in [1.29, 1.82) is 0 Å². The molecule has 21 heavy (non-hydrogen) atoms. The van der Waals surface area contributed by atoms with Crippen LogP contribution in [0.2, 0.25) is 0 Å². The van der Waals surface area contributed by atoms with Crippen LogP contribution >= 0.6 is 0 Å². The van der Waals surface area contributed by atoms with E-state index in [-0.39, 0.29) is 18.9 Å². The smallest absolute Gasteiger partial charge is 0.308 e. The number of nitrogens with zero attached hydrogens (tertiary/aromatic N) is 2. The first kappa shape index (κ1) is 19.9. The van der Waals surface area contributed by atoms with Gasteiger partial charge in [0.05, 0.1) is 13.0 Å². The zero-order valence-electron chi connectivity index (χ0n) is 14.0. The highest BCUT2D eigenvalue weighted by Crippen LogP contribution is 2.09. The first-order chi connectivity index (χ1) is 9.61. The van der Waals surface area contributed by atoms with Gasteiger partial charge in [-0.05, 0) is 54.3 Å². The fourth-order valence-electron chi connectivity index (χ4n) is 1.72. The topological polar surface area (TPSA) is 70.1 Å². The molecular formula is C15H30N2O4. The van der Waals surface area contributed by atoms with Crippen molar-refractivity contribution in [2.75, 3.05) is 27.2 Å². The van der Waals surface area contributed by atoms with E-state index < -0.39 is 11.6 Å². The molecule has 0 heterocycles. The summed E-state index contributed by atoms with van der Waals surface area (Å²) in [5.41, 5.74) is -0.548. The van der Waals surface area contributed by atoms with E-state index in [9.17, 15) is 14.8 Å². The fourth-order valence-corrected chi connectivity index (χ4v) is 1.72. The van der Waals surface area contributed by atoms with Gasteiger partial charge < -0.3 is 9.64 Å². The Morgan fingerprint density at radius 1 is 1.00 bits per heavy atom. The molecule has 0 atom stereocenters. The monoisotopic (exact) mass is 302 g/mol. The van der Waals surface area contributed by atoms with Gasteiger partial charge in [0.2, 0.25) is 5.91 Å². The third-order valence-corrected chi connectivity index (χ3v) is 2.73. The third-order valence-electron chi connectivity index (χ3n) is 2.73. The molecule has 124 valence electrons. The number of esters is 1. The van der Waals surface area contributed by atoms with Crippen molar-refractivity contribution < 1.29 is 19.5 Å². The summed E-state index contributed by atoms with van der Waals surface area (Å²) in [6.07, 6.45) is 3.03. The fraction of sp³-hybridized carbons (Fsp3) is 0.867. The first-order valence-electron chi connectivity index (χ1n) is 7.47. The number of hydrogen-bond acceptors (Lipinski definition) is 5. The zero-order chi connectivity index (χ0) is 16.5. The summed E-state index contributed by atoms with van der Waals surface area (Å²) in [6.45, 7) is 6.31. The van der Waals surface area contributed by atoms with Crippen LogP contribution in [0.5, 0.6) is 0 Å². The molecule has 0 unspecified atom stereocenters. The van der Waals surface area contributed by atoms with Crippen molar-refractivity contribution >= 4 is 11.9 Å². The number of hydrogen-bond donors (Lipinski definition) is 1. The van der Waals surface area contributed by atoms with E-state index >= 15 is 0 Å². The lowest BCUT2D eigenvalue weighted by Crippen LogP contribution is -2.31. The second-order valence-corrected chi connectivity index (χ2v) is 6.47. The average Bonchev–Trinajstić information content (AvgIpc) is 2.32. The van der Waals surface area contributed by atoms with Crippen LogP contribution in [0, 0.1) is 0 Å². The lowest BCUT2D eigenvalue weighted by atomic mass is 10.2. The van der Waals surface area contributed by atoms with E-state index in [1.54, 1.807) is 20.8 Å². The second kappa shape index (κ2) is 9.73. The number of carbonyl (C=O) groups is 2. The molecule has 0 aliphatic carbocycles. The molecule has 0 fully saturated rings. The maximum atomic E-state index is 11.7. The molecule has 0 saturated carbocycles. The van der Waals surface area contributed by atoms with Gasteiger partial charge in [0.15, 0.2) is 0 Å². The largest absolute Gasteiger partial charge is 0.460 e. The molecule has 0 radical (unpaired) electrons. The summed E-state index contributed by atoms with van der Waals surface area (Å²) in [5.74, 6) is -0.760. The molecule has 6 nitrogen and oxygen atoms in total. The molecule has 0 rings (SSSR count). The van der Waals surface area contributed by atoms with Crippen LogP contribution in [-0.4, -0.2) is 59.8 Å². The van der Waals surface area contributed by atoms with Crippen molar-refractivity contribution in [2.45, 2.75) is 58.5 Å². The quantitative estimate of drug-likeness (QED) is 0.305. The molecule has 0 aliphatic heterocycles. The summed E-state index contributed by atoms with van der Waals surface area (Å²) in [4.78, 5) is 25.2. The van der Waals surface area contributed by atoms with Crippen LogP contribution in [0.25, 0.3) is 0 Å². The predicted octanol–water partition coefficient (Wildman–Crippen LogP) is 2.06. The Morgan fingerprint density at radius 3 is 2.14 bits per heavy atom. The third kappa shape index (κ3) is 12.3. The summed E-state index contributed by atoms with van der Waals surface area (Å²) < 4.78 is 5.11. The molecule has 0 saturated heterocycles. The number of ether oxygens (including phenoxy) is 1. The number of unbranched alkanes of at least 4 members (excludes halogenated alkanes) is 2. The Labute approximate surface area is 128 Å². The SMILES string of the molecule is CN(C)CCCCCC(=O)N(O)CCC(=O)OC(C)(C)C. The molecule has 6 heteroatoms. The van der Waals surface area contributed by atoms with Gasteiger partial charge in [-0.1, -0.05) is 6.42 Å². The van der Waals surface area contributed by atoms with Crippen molar-refractivity contribution in [3.05, 3.63) is 0 Å². The van der Waals surface area contributed by atoms with Gasteiger partial charge in [-0.25, -0.2) is 5.06 Å². The second-order valence-electron chi connectivity index (χ2n) is 6.47. The van der Waals surface area contributed by atoms with Crippen LogP contribution in [0.15, 0.2) is 0 Å². The van der Waals surface area contributed by atoms with E-state index in [2.05, 4.69) is 4.90 Å². The van der Waals surface area contributed by atoms with Crippen molar-refractivity contribution in [3.8, 4) is 0 Å². The molecule has 0 bridgehead atoms. The summed E-state index contributed by atoms with van der Waals surface area (Å²) in [7, 11) is 4.02. The highest BCUT2D eigenvalue weighted by molar-refractivity contribution is 5.76. The van der Waals surface area contributed by atoms with Crippen molar-refractivity contribution in [1.82, 2.24) is 9.96 Å². The molecule has 0 aromatic rings. The van der Waals surface area contributed by atoms with Gasteiger partial charge in [-0.3, -0.25) is 14.8 Å². The maximum Gasteiger partial charge on any atom is 0.308 e. The van der Waals surface area contributed by atoms with E-state index in [0.29, 0.717) is 11.5 Å². The number of carbonyl (C=O) groups excluding carboxylic acids is 2. The number of amides is 1. The predicted molar refractivity (Wildman–Crippen MR) is 81.0 cm³/mol. The summed E-state index contributed by atoms with van der Waals surface area (Å²) in [6, 6.07) is 0. The van der Waals surface area contributed by atoms with Gasteiger partial charge in [0.1, 0.15) is 5.60 Å². The average molecular weight is 302 g/mol. The summed E-state index contributed by atoms with van der Waals surface area (Å²) in [5, 5.41) is 10.2. The first-order valence-corrected chi connectivity index (χ1v) is 7.47. The molecule has 1 N–H and O–H groups in total. The standard InChI is InChI=1S/C15H30N2O4/c1-15(2,3)21-14(19)10-12-17(20)13(18)9-7-6-8-11-16(4)5/h20H,6-12H2,1-5H3. The Kier molecular flexibility index (Phi) is 9.21. The van der Waals surface area contributed by atoms with Crippen LogP contribution in [0.4, 0.5) is 0 Å². The van der Waals surface area contributed by atoms with Gasteiger partial charge in [0.25, 0.3) is 0 Å². The molecular weight excluding hydrogens is 272 g/mol. The molecule has 0 aliphatic rings. The Morgan fingerprint density at radius 2 is 1.62 bits per heavy atom. The minimum Gasteiger partial charge on any atom is -0.460 e. The van der Waals surface area contributed by atoms with Crippen LogP contribution < -0.4 is 0 Å². The van der Waals surface area contributed by atoms with E-state index in [1.165, 1.54) is 0 Å². The molecule has 1 amide bonds. The highest BCUT2D eigenvalue weighted by atomic mass is 16.6. The van der Waals surface area contributed by atoms with Crippen LogP contribution in [-0.2, 0) is 14.3 Å². The minimum absolute atomic E-state index is 0.000138. The van der Waals surface area contributed by atoms with Crippen molar-refractivity contribution in [2.24, 2.45) is 0 Å². The van der Waals surface area contributed by atoms with E-state index in [0.717, 1.165) is 25.8 Å². The molecule has 0 aromatic carbocycles. The van der Waals surface area contributed by atoms with E-state index in [4.69, 9.17) is 4.74 Å². The molecule has 0 spiro atoms. The lowest BCUT2D eigenvalue weighted by molar-refractivity contribution is -0.170.